The van der Waals surface area contributed by atoms with Crippen LogP contribution in [-0.4, -0.2) is 53.4 Å². The molecule has 3 heterocycles. The fourth-order valence-corrected chi connectivity index (χ4v) is 6.59. The molecule has 2 atom stereocenters. The van der Waals surface area contributed by atoms with Crippen LogP contribution in [0.2, 0.25) is 0 Å². The molecule has 1 N–H and O–H groups in total. The van der Waals surface area contributed by atoms with E-state index < -0.39 is 0 Å². The summed E-state index contributed by atoms with van der Waals surface area (Å²) in [5.41, 5.74) is 2.54. The average Bonchev–Trinajstić information content (AvgIpc) is 3.41. The molecule has 2 aromatic carbocycles. The molecule has 6 nitrogen and oxygen atoms in total. The number of nitrogens with one attached hydrogen (secondary N) is 1. The van der Waals surface area contributed by atoms with Crippen molar-refractivity contribution in [3.63, 3.8) is 0 Å². The van der Waals surface area contributed by atoms with Crippen molar-refractivity contribution in [2.75, 3.05) is 20.2 Å². The Labute approximate surface area is 226 Å². The van der Waals surface area contributed by atoms with Gasteiger partial charge in [0.25, 0.3) is 5.91 Å². The lowest BCUT2D eigenvalue weighted by Crippen LogP contribution is -2.43. The van der Waals surface area contributed by atoms with E-state index in [9.17, 15) is 9.59 Å². The van der Waals surface area contributed by atoms with E-state index in [1.807, 2.05) is 54.7 Å². The van der Waals surface area contributed by atoms with E-state index >= 15 is 0 Å². The summed E-state index contributed by atoms with van der Waals surface area (Å²) in [6, 6.07) is 16.8. The number of benzene rings is 2. The molecule has 0 aliphatic carbocycles. The van der Waals surface area contributed by atoms with Crippen molar-refractivity contribution < 1.29 is 14.3 Å². The molecule has 0 radical (unpaired) electrons. The van der Waals surface area contributed by atoms with Crippen LogP contribution in [0.5, 0.6) is 5.75 Å². The van der Waals surface area contributed by atoms with Crippen molar-refractivity contribution >= 4 is 22.6 Å². The number of hydrogen-bond acceptors (Lipinski definition) is 4. The highest BCUT2D eigenvalue weighted by atomic mass is 16.5. The van der Waals surface area contributed by atoms with Crippen molar-refractivity contribution in [2.24, 2.45) is 11.8 Å². The van der Waals surface area contributed by atoms with Gasteiger partial charge in [0.2, 0.25) is 0 Å². The second-order valence-electron chi connectivity index (χ2n) is 11.5. The minimum absolute atomic E-state index is 0.0270. The van der Waals surface area contributed by atoms with Crippen LogP contribution in [0.25, 0.3) is 10.9 Å². The minimum Gasteiger partial charge on any atom is -0.495 e. The fraction of sp³-hybridized carbons (Fsp3) is 0.500. The predicted octanol–water partition coefficient (Wildman–Crippen LogP) is 5.94. The molecule has 2 bridgehead atoms. The largest absolute Gasteiger partial charge is 0.495 e. The third-order valence-corrected chi connectivity index (χ3v) is 8.36. The smallest absolute Gasteiger partial charge is 0.253 e. The van der Waals surface area contributed by atoms with Crippen LogP contribution in [0.4, 0.5) is 0 Å². The SMILES string of the molecule is COc1cccc2c(C(=O)NCC(C)C)cn(CCCN3C4CCC3CC(CC(=O)c3ccccc3)C4)c12. The summed E-state index contributed by atoms with van der Waals surface area (Å²) in [5, 5.41) is 4.01. The zero-order valence-electron chi connectivity index (χ0n) is 23.0. The number of methoxy groups -OCH3 is 1. The van der Waals surface area contributed by atoms with Crippen LogP contribution in [0.1, 0.15) is 73.1 Å². The van der Waals surface area contributed by atoms with E-state index in [2.05, 4.69) is 28.6 Å². The maximum absolute atomic E-state index is 13.0. The van der Waals surface area contributed by atoms with Gasteiger partial charge in [-0.1, -0.05) is 56.3 Å². The van der Waals surface area contributed by atoms with Gasteiger partial charge in [-0.25, -0.2) is 0 Å². The van der Waals surface area contributed by atoms with E-state index in [4.69, 9.17) is 4.74 Å². The number of piperidine rings is 1. The lowest BCUT2D eigenvalue weighted by Gasteiger charge is -2.39. The van der Waals surface area contributed by atoms with Gasteiger partial charge in [-0.05, 0) is 50.0 Å². The number of amides is 1. The third kappa shape index (κ3) is 5.65. The zero-order valence-corrected chi connectivity index (χ0v) is 23.0. The number of Topliss-reactive ketones (excluding diaryl/α,β-unsaturated/α-hetero) is 1. The molecule has 5 rings (SSSR count). The van der Waals surface area contributed by atoms with Gasteiger partial charge in [0, 0.05) is 55.3 Å². The van der Waals surface area contributed by atoms with Crippen LogP contribution >= 0.6 is 0 Å². The second-order valence-corrected chi connectivity index (χ2v) is 11.5. The number of rotatable bonds is 11. The van der Waals surface area contributed by atoms with Gasteiger partial charge < -0.3 is 14.6 Å². The summed E-state index contributed by atoms with van der Waals surface area (Å²) >= 11 is 0. The van der Waals surface area contributed by atoms with E-state index in [-0.39, 0.29) is 11.7 Å². The Morgan fingerprint density at radius 3 is 2.42 bits per heavy atom. The Bertz CT molecular complexity index is 1250. The summed E-state index contributed by atoms with van der Waals surface area (Å²) in [5.74, 6) is 1.94. The Morgan fingerprint density at radius 2 is 1.74 bits per heavy atom. The van der Waals surface area contributed by atoms with Crippen LogP contribution in [-0.2, 0) is 6.54 Å². The van der Waals surface area contributed by atoms with Crippen LogP contribution in [0, 0.1) is 11.8 Å². The second kappa shape index (κ2) is 11.7. The molecule has 2 aliphatic rings. The predicted molar refractivity (Wildman–Crippen MR) is 152 cm³/mol. The highest BCUT2D eigenvalue weighted by Gasteiger charge is 2.40. The number of nitrogens with zero attached hydrogens (tertiary/aromatic N) is 2. The van der Waals surface area contributed by atoms with E-state index in [1.54, 1.807) is 7.11 Å². The highest BCUT2D eigenvalue weighted by molar-refractivity contribution is 6.08. The average molecular weight is 516 g/mol. The Balaban J connectivity index is 1.22. The first-order chi connectivity index (χ1) is 18.4. The molecule has 2 aliphatic heterocycles. The Kier molecular flexibility index (Phi) is 8.18. The molecule has 38 heavy (non-hydrogen) atoms. The normalized spacial score (nSPS) is 21.2. The van der Waals surface area contributed by atoms with Crippen molar-refractivity contribution in [1.82, 2.24) is 14.8 Å². The quantitative estimate of drug-likeness (QED) is 0.321. The molecule has 6 heteroatoms. The molecule has 1 aromatic heterocycles. The van der Waals surface area contributed by atoms with E-state index in [1.165, 1.54) is 12.8 Å². The first-order valence-corrected chi connectivity index (χ1v) is 14.2. The number of aryl methyl sites for hydroxylation is 1. The van der Waals surface area contributed by atoms with Gasteiger partial charge in [-0.3, -0.25) is 14.5 Å². The molecular weight excluding hydrogens is 474 g/mol. The Hall–Kier alpha value is -3.12. The summed E-state index contributed by atoms with van der Waals surface area (Å²) < 4.78 is 7.88. The lowest BCUT2D eigenvalue weighted by molar-refractivity contribution is 0.0807. The van der Waals surface area contributed by atoms with Gasteiger partial charge in [0.15, 0.2) is 5.78 Å². The maximum Gasteiger partial charge on any atom is 0.253 e. The van der Waals surface area contributed by atoms with E-state index in [0.717, 1.165) is 54.6 Å². The van der Waals surface area contributed by atoms with E-state index in [0.29, 0.717) is 42.4 Å². The summed E-state index contributed by atoms with van der Waals surface area (Å²) in [6.45, 7) is 6.73. The molecule has 202 valence electrons. The first-order valence-electron chi connectivity index (χ1n) is 14.2. The van der Waals surface area contributed by atoms with Crippen molar-refractivity contribution in [2.45, 2.75) is 71.0 Å². The van der Waals surface area contributed by atoms with Crippen molar-refractivity contribution in [3.05, 3.63) is 65.9 Å². The number of ketones is 1. The number of carbonyl (C=O) groups is 2. The van der Waals surface area contributed by atoms with Gasteiger partial charge in [-0.15, -0.1) is 0 Å². The van der Waals surface area contributed by atoms with Crippen LogP contribution < -0.4 is 10.1 Å². The maximum atomic E-state index is 13.0. The number of carbonyl (C=O) groups excluding carboxylic acids is 2. The molecule has 1 amide bonds. The third-order valence-electron chi connectivity index (χ3n) is 8.36. The number of fused-ring (bicyclic) bond motifs is 3. The fourth-order valence-electron chi connectivity index (χ4n) is 6.59. The highest BCUT2D eigenvalue weighted by Crippen LogP contribution is 2.40. The molecule has 2 unspecified atom stereocenters. The first kappa shape index (κ1) is 26.5. The molecule has 2 fully saturated rings. The summed E-state index contributed by atoms with van der Waals surface area (Å²) in [7, 11) is 1.69. The summed E-state index contributed by atoms with van der Waals surface area (Å²) in [4.78, 5) is 28.5. The molecule has 0 saturated carbocycles. The topological polar surface area (TPSA) is 63.6 Å². The van der Waals surface area contributed by atoms with Crippen molar-refractivity contribution in [3.8, 4) is 5.75 Å². The number of ether oxygens (including phenoxy) is 1. The number of aromatic nitrogens is 1. The van der Waals surface area contributed by atoms with Gasteiger partial charge in [0.1, 0.15) is 5.75 Å². The molecular formula is C32H41N3O3. The molecule has 3 aromatic rings. The molecule has 0 spiro atoms. The monoisotopic (exact) mass is 515 g/mol. The van der Waals surface area contributed by atoms with Crippen LogP contribution in [0.3, 0.4) is 0 Å². The lowest BCUT2D eigenvalue weighted by atomic mass is 9.85. The number of para-hydroxylation sites is 1. The minimum atomic E-state index is -0.0270. The molecule has 2 saturated heterocycles. The zero-order chi connectivity index (χ0) is 26.6. The standard InChI is InChI=1S/C32H41N3O3/c1-22(2)20-33-32(37)28-21-34(31-27(28)11-7-12-30(31)38-3)15-8-16-35-25-13-14-26(35)18-23(17-25)19-29(36)24-9-5-4-6-10-24/h4-7,9-12,21-23,25-26H,8,13-20H2,1-3H3,(H,33,37). The van der Waals surface area contributed by atoms with Crippen molar-refractivity contribution in [1.29, 1.82) is 0 Å². The van der Waals surface area contributed by atoms with Gasteiger partial charge in [-0.2, -0.15) is 0 Å². The number of hydrogen-bond donors (Lipinski definition) is 1. The summed E-state index contributed by atoms with van der Waals surface area (Å²) in [6.07, 6.45) is 8.39. The Morgan fingerprint density at radius 1 is 1.00 bits per heavy atom. The van der Waals surface area contributed by atoms with Gasteiger partial charge in [0.05, 0.1) is 18.2 Å². The van der Waals surface area contributed by atoms with Gasteiger partial charge >= 0.3 is 0 Å². The van der Waals surface area contributed by atoms with Crippen LogP contribution in [0.15, 0.2) is 54.7 Å².